The van der Waals surface area contributed by atoms with E-state index in [0.717, 1.165) is 48.2 Å². The predicted molar refractivity (Wildman–Crippen MR) is 121 cm³/mol. The lowest BCUT2D eigenvalue weighted by atomic mass is 9.91. The molecule has 1 aliphatic carbocycles. The molecule has 2 atom stereocenters. The highest BCUT2D eigenvalue weighted by Crippen LogP contribution is 2.24. The van der Waals surface area contributed by atoms with E-state index < -0.39 is 0 Å². The number of aliphatic hydroxyl groups is 1. The van der Waals surface area contributed by atoms with Gasteiger partial charge in [0, 0.05) is 35.0 Å². The summed E-state index contributed by atoms with van der Waals surface area (Å²) >= 11 is 0. The van der Waals surface area contributed by atoms with Gasteiger partial charge in [0.25, 0.3) is 5.91 Å². The SMILES string of the molecule is N[C@@H]1CCCC[C@H]1NC(=O)c1ccc(Nc2cc(-c3ccccc3CO)ncn2)cc1. The summed E-state index contributed by atoms with van der Waals surface area (Å²) in [5.74, 6) is 0.530. The highest BCUT2D eigenvalue weighted by atomic mass is 16.3. The van der Waals surface area contributed by atoms with Crippen LogP contribution < -0.4 is 16.4 Å². The van der Waals surface area contributed by atoms with Gasteiger partial charge in [0.1, 0.15) is 12.1 Å². The first-order chi connectivity index (χ1) is 15.1. The number of rotatable bonds is 6. The topological polar surface area (TPSA) is 113 Å². The largest absolute Gasteiger partial charge is 0.392 e. The second kappa shape index (κ2) is 9.68. The summed E-state index contributed by atoms with van der Waals surface area (Å²) in [4.78, 5) is 21.2. The molecule has 0 aliphatic heterocycles. The lowest BCUT2D eigenvalue weighted by Gasteiger charge is -2.29. The van der Waals surface area contributed by atoms with Crippen molar-refractivity contribution in [3.63, 3.8) is 0 Å². The molecule has 1 amide bonds. The number of carbonyl (C=O) groups excluding carboxylic acids is 1. The smallest absolute Gasteiger partial charge is 0.251 e. The maximum atomic E-state index is 12.6. The Kier molecular flexibility index (Phi) is 6.54. The first kappa shape index (κ1) is 21.0. The zero-order valence-corrected chi connectivity index (χ0v) is 17.3. The van der Waals surface area contributed by atoms with Crippen molar-refractivity contribution in [3.8, 4) is 11.3 Å². The minimum Gasteiger partial charge on any atom is -0.392 e. The van der Waals surface area contributed by atoms with Crippen LogP contribution in [0.3, 0.4) is 0 Å². The molecule has 2 aromatic carbocycles. The van der Waals surface area contributed by atoms with E-state index in [0.29, 0.717) is 11.4 Å². The summed E-state index contributed by atoms with van der Waals surface area (Å²) in [5.41, 5.74) is 9.94. The van der Waals surface area contributed by atoms with Crippen molar-refractivity contribution in [2.45, 2.75) is 44.4 Å². The lowest BCUT2D eigenvalue weighted by molar-refractivity contribution is 0.0921. The normalized spacial score (nSPS) is 18.4. The Morgan fingerprint density at radius 3 is 2.61 bits per heavy atom. The first-order valence-corrected chi connectivity index (χ1v) is 10.6. The number of anilines is 2. The highest BCUT2D eigenvalue weighted by Gasteiger charge is 2.23. The monoisotopic (exact) mass is 417 g/mol. The standard InChI is InChI=1S/C24H27N5O2/c25-20-7-3-4-8-21(20)29-24(31)16-9-11-18(12-10-16)28-23-13-22(26-15-27-23)19-6-2-1-5-17(19)14-30/h1-2,5-6,9-13,15,20-21,30H,3-4,7-8,14,25H2,(H,29,31)(H,26,27,28)/t20-,21-/m1/s1. The molecular formula is C24H27N5O2. The third-order valence-corrected chi connectivity index (χ3v) is 5.69. The Morgan fingerprint density at radius 1 is 1.06 bits per heavy atom. The van der Waals surface area contributed by atoms with E-state index in [2.05, 4.69) is 20.6 Å². The minimum absolute atomic E-state index is 0.0292. The number of hydrogen-bond acceptors (Lipinski definition) is 6. The molecule has 7 nitrogen and oxygen atoms in total. The van der Waals surface area contributed by atoms with E-state index >= 15 is 0 Å². The number of amides is 1. The summed E-state index contributed by atoms with van der Waals surface area (Å²) in [5, 5.41) is 15.9. The molecule has 0 unspecified atom stereocenters. The molecule has 1 saturated carbocycles. The van der Waals surface area contributed by atoms with Crippen molar-refractivity contribution in [2.75, 3.05) is 5.32 Å². The summed E-state index contributed by atoms with van der Waals surface area (Å²) in [6.07, 6.45) is 5.61. The first-order valence-electron chi connectivity index (χ1n) is 10.6. The van der Waals surface area contributed by atoms with Gasteiger partial charge in [0.05, 0.1) is 12.3 Å². The maximum Gasteiger partial charge on any atom is 0.251 e. The Morgan fingerprint density at radius 2 is 1.84 bits per heavy atom. The van der Waals surface area contributed by atoms with E-state index in [1.807, 2.05) is 42.5 Å². The van der Waals surface area contributed by atoms with Crippen LogP contribution in [0.25, 0.3) is 11.3 Å². The average molecular weight is 418 g/mol. The number of nitrogens with two attached hydrogens (primary N) is 1. The van der Waals surface area contributed by atoms with E-state index in [-0.39, 0.29) is 24.6 Å². The van der Waals surface area contributed by atoms with Crippen LogP contribution in [0, 0.1) is 0 Å². The molecule has 7 heteroatoms. The number of nitrogens with zero attached hydrogens (tertiary/aromatic N) is 2. The van der Waals surface area contributed by atoms with Crippen LogP contribution in [-0.2, 0) is 6.61 Å². The molecule has 5 N–H and O–H groups in total. The van der Waals surface area contributed by atoms with Gasteiger partial charge < -0.3 is 21.5 Å². The molecule has 160 valence electrons. The fraction of sp³-hybridized carbons (Fsp3) is 0.292. The van der Waals surface area contributed by atoms with E-state index in [9.17, 15) is 9.90 Å². The van der Waals surface area contributed by atoms with Crippen molar-refractivity contribution >= 4 is 17.4 Å². The molecule has 0 bridgehead atoms. The van der Waals surface area contributed by atoms with Gasteiger partial charge in [-0.05, 0) is 42.7 Å². The van der Waals surface area contributed by atoms with Gasteiger partial charge >= 0.3 is 0 Å². The van der Waals surface area contributed by atoms with Crippen LogP contribution in [-0.4, -0.2) is 33.1 Å². The molecule has 0 radical (unpaired) electrons. The Hall–Kier alpha value is -3.29. The van der Waals surface area contributed by atoms with Crippen LogP contribution in [0.1, 0.15) is 41.6 Å². The number of benzene rings is 2. The Bertz CT molecular complexity index is 1040. The van der Waals surface area contributed by atoms with Crippen LogP contribution in [0.15, 0.2) is 60.9 Å². The van der Waals surface area contributed by atoms with Gasteiger partial charge in [-0.15, -0.1) is 0 Å². The van der Waals surface area contributed by atoms with Crippen LogP contribution >= 0.6 is 0 Å². The molecule has 31 heavy (non-hydrogen) atoms. The number of aromatic nitrogens is 2. The van der Waals surface area contributed by atoms with Crippen molar-refractivity contribution in [2.24, 2.45) is 5.73 Å². The molecular weight excluding hydrogens is 390 g/mol. The molecule has 1 heterocycles. The maximum absolute atomic E-state index is 12.6. The van der Waals surface area contributed by atoms with E-state index in [1.54, 1.807) is 12.1 Å². The summed E-state index contributed by atoms with van der Waals surface area (Å²) in [6, 6.07) is 16.8. The quantitative estimate of drug-likeness (QED) is 0.489. The summed E-state index contributed by atoms with van der Waals surface area (Å²) in [7, 11) is 0. The van der Waals surface area contributed by atoms with Crippen LogP contribution in [0.2, 0.25) is 0 Å². The second-order valence-electron chi connectivity index (χ2n) is 7.83. The molecule has 1 fully saturated rings. The van der Waals surface area contributed by atoms with Gasteiger partial charge in [0.2, 0.25) is 0 Å². The number of carbonyl (C=O) groups is 1. The second-order valence-corrected chi connectivity index (χ2v) is 7.83. The minimum atomic E-state index is -0.0983. The molecule has 0 spiro atoms. The number of aliphatic hydroxyl groups excluding tert-OH is 1. The molecule has 1 aromatic heterocycles. The zero-order chi connectivity index (χ0) is 21.6. The molecule has 0 saturated heterocycles. The van der Waals surface area contributed by atoms with Gasteiger partial charge in [-0.1, -0.05) is 37.1 Å². The highest BCUT2D eigenvalue weighted by molar-refractivity contribution is 5.94. The van der Waals surface area contributed by atoms with Gasteiger partial charge in [-0.2, -0.15) is 0 Å². The van der Waals surface area contributed by atoms with Crippen LogP contribution in [0.5, 0.6) is 0 Å². The third-order valence-electron chi connectivity index (χ3n) is 5.69. The number of hydrogen-bond donors (Lipinski definition) is 4. The van der Waals surface area contributed by atoms with Gasteiger partial charge in [0.15, 0.2) is 0 Å². The molecule has 4 rings (SSSR count). The van der Waals surface area contributed by atoms with Gasteiger partial charge in [-0.25, -0.2) is 9.97 Å². The summed E-state index contributed by atoms with van der Waals surface area (Å²) in [6.45, 7) is -0.0573. The van der Waals surface area contributed by atoms with Gasteiger partial charge in [-0.3, -0.25) is 4.79 Å². The molecule has 1 aliphatic rings. The molecule has 3 aromatic rings. The van der Waals surface area contributed by atoms with E-state index in [4.69, 9.17) is 5.73 Å². The zero-order valence-electron chi connectivity index (χ0n) is 17.3. The number of nitrogens with one attached hydrogen (secondary N) is 2. The van der Waals surface area contributed by atoms with Crippen molar-refractivity contribution in [1.29, 1.82) is 0 Å². The van der Waals surface area contributed by atoms with Crippen molar-refractivity contribution in [3.05, 3.63) is 72.1 Å². The fourth-order valence-electron chi connectivity index (χ4n) is 3.92. The Labute approximate surface area is 181 Å². The Balaban J connectivity index is 1.44. The average Bonchev–Trinajstić information content (AvgIpc) is 2.81. The van der Waals surface area contributed by atoms with Crippen molar-refractivity contribution < 1.29 is 9.90 Å². The lowest BCUT2D eigenvalue weighted by Crippen LogP contribution is -2.49. The predicted octanol–water partition coefficient (Wildman–Crippen LogP) is 3.38. The summed E-state index contributed by atoms with van der Waals surface area (Å²) < 4.78 is 0. The van der Waals surface area contributed by atoms with E-state index in [1.165, 1.54) is 6.33 Å². The van der Waals surface area contributed by atoms with Crippen molar-refractivity contribution in [1.82, 2.24) is 15.3 Å². The van der Waals surface area contributed by atoms with Crippen LogP contribution in [0.4, 0.5) is 11.5 Å². The third kappa shape index (κ3) is 5.07. The fourth-order valence-corrected chi connectivity index (χ4v) is 3.92.